The van der Waals surface area contributed by atoms with Gasteiger partial charge >= 0.3 is 0 Å². The zero-order chi connectivity index (χ0) is 8.39. The molecule has 0 aromatic rings. The van der Waals surface area contributed by atoms with Gasteiger partial charge in [-0.1, -0.05) is 0 Å². The smallest absolute Gasteiger partial charge is 0.120 e. The van der Waals surface area contributed by atoms with Crippen LogP contribution in [0.25, 0.3) is 0 Å². The average Bonchev–Trinajstić information content (AvgIpc) is 2.17. The first-order valence-electron chi connectivity index (χ1n) is 3.37. The highest BCUT2D eigenvalue weighted by Gasteiger charge is 2.22. The molecule has 0 radical (unpaired) electrons. The van der Waals surface area contributed by atoms with Crippen molar-refractivity contribution < 1.29 is 0 Å². The molecule has 6 heteroatoms. The molecule has 12 heavy (non-hydrogen) atoms. The van der Waals surface area contributed by atoms with Gasteiger partial charge in [-0.3, -0.25) is 0 Å². The van der Waals surface area contributed by atoms with Crippen molar-refractivity contribution in [2.24, 2.45) is 4.40 Å². The van der Waals surface area contributed by atoms with Crippen LogP contribution in [0.1, 0.15) is 0 Å². The lowest BCUT2D eigenvalue weighted by Gasteiger charge is -2.20. The van der Waals surface area contributed by atoms with Gasteiger partial charge in [-0.15, -0.1) is 35.3 Å². The Labute approximate surface area is 92.9 Å². The fourth-order valence-corrected chi connectivity index (χ4v) is 7.08. The summed E-state index contributed by atoms with van der Waals surface area (Å²) >= 11 is 5.68. The van der Waals surface area contributed by atoms with Crippen LogP contribution in [0.4, 0.5) is 0 Å². The van der Waals surface area contributed by atoms with Crippen molar-refractivity contribution >= 4 is 62.1 Å². The largest absolute Gasteiger partial charge is 0.197 e. The first-order chi connectivity index (χ1) is 5.92. The van der Waals surface area contributed by atoms with E-state index in [0.29, 0.717) is 0 Å². The minimum Gasteiger partial charge on any atom is -0.197 e. The highest BCUT2D eigenvalue weighted by Crippen LogP contribution is 2.51. The van der Waals surface area contributed by atoms with E-state index in [9.17, 15) is 0 Å². The fraction of sp³-hybridized carbons (Fsp3) is 0.500. The van der Waals surface area contributed by atoms with E-state index in [1.165, 1.54) is 25.7 Å². The zero-order valence-electron chi connectivity index (χ0n) is 6.40. The Morgan fingerprint density at radius 3 is 3.00 bits per heavy atom. The van der Waals surface area contributed by atoms with Crippen molar-refractivity contribution in [2.75, 3.05) is 17.8 Å². The Hall–Kier alpha value is 1.16. The molecule has 1 nitrogen and oxygen atoms in total. The third-order valence-electron chi connectivity index (χ3n) is 1.37. The first-order valence-corrected chi connectivity index (χ1v) is 8.68. The molecule has 66 valence electrons. The van der Waals surface area contributed by atoms with Crippen molar-refractivity contribution in [1.82, 2.24) is 0 Å². The average molecular weight is 253 g/mol. The molecule has 0 aliphatic carbocycles. The van der Waals surface area contributed by atoms with Gasteiger partial charge in [0.1, 0.15) is 5.04 Å². The van der Waals surface area contributed by atoms with E-state index in [1.54, 1.807) is 33.5 Å². The maximum absolute atomic E-state index is 4.40. The van der Waals surface area contributed by atoms with Crippen LogP contribution in [0.5, 0.6) is 0 Å². The van der Waals surface area contributed by atoms with Gasteiger partial charge < -0.3 is 0 Å². The molecule has 0 spiro atoms. The highest BCUT2D eigenvalue weighted by molar-refractivity contribution is 8.80. The summed E-state index contributed by atoms with van der Waals surface area (Å²) in [6.45, 7) is 0. The fourth-order valence-electron chi connectivity index (χ4n) is 0.871. The Balaban J connectivity index is 2.26. The summed E-state index contributed by atoms with van der Waals surface area (Å²) < 4.78 is 5.87. The van der Waals surface area contributed by atoms with Crippen LogP contribution in [-0.4, -0.2) is 22.8 Å². The van der Waals surface area contributed by atoms with Crippen LogP contribution < -0.4 is 0 Å². The third kappa shape index (κ3) is 1.97. The Kier molecular flexibility index (Phi) is 3.71. The van der Waals surface area contributed by atoms with E-state index in [0.717, 1.165) is 0 Å². The molecule has 2 aliphatic rings. The second-order valence-electron chi connectivity index (χ2n) is 2.07. The summed E-state index contributed by atoms with van der Waals surface area (Å²) in [6, 6.07) is 0. The van der Waals surface area contributed by atoms with Crippen molar-refractivity contribution in [3.05, 3.63) is 9.14 Å². The van der Waals surface area contributed by atoms with Crippen molar-refractivity contribution in [3.63, 3.8) is 0 Å². The van der Waals surface area contributed by atoms with E-state index < -0.39 is 0 Å². The molecule has 2 rings (SSSR count). The monoisotopic (exact) mass is 253 g/mol. The van der Waals surface area contributed by atoms with Crippen LogP contribution in [-0.2, 0) is 0 Å². The van der Waals surface area contributed by atoms with E-state index in [4.69, 9.17) is 0 Å². The topological polar surface area (TPSA) is 12.4 Å². The molecule has 2 aliphatic heterocycles. The van der Waals surface area contributed by atoms with Crippen LogP contribution in [0.15, 0.2) is 13.5 Å². The molecule has 0 atom stereocenters. The lowest BCUT2D eigenvalue weighted by Crippen LogP contribution is -2.04. The summed E-state index contributed by atoms with van der Waals surface area (Å²) in [5.74, 6) is 2.48. The van der Waals surface area contributed by atoms with Gasteiger partial charge in [0.15, 0.2) is 0 Å². The van der Waals surface area contributed by atoms with E-state index >= 15 is 0 Å². The van der Waals surface area contributed by atoms with E-state index in [1.807, 2.05) is 23.5 Å². The Morgan fingerprint density at radius 1 is 1.33 bits per heavy atom. The SMILES string of the molecule is CSC1=NSSC2=C1SCCS2. The molecule has 0 bridgehead atoms. The quantitative estimate of drug-likeness (QED) is 0.480. The van der Waals surface area contributed by atoms with Crippen LogP contribution in [0.2, 0.25) is 0 Å². The number of nitrogens with zero attached hydrogens (tertiary/aromatic N) is 1. The minimum atomic E-state index is 1.21. The van der Waals surface area contributed by atoms with E-state index in [-0.39, 0.29) is 0 Å². The molecule has 0 aromatic carbocycles. The number of thioether (sulfide) groups is 3. The van der Waals surface area contributed by atoms with Crippen molar-refractivity contribution in [1.29, 1.82) is 0 Å². The van der Waals surface area contributed by atoms with Gasteiger partial charge in [0, 0.05) is 11.5 Å². The molecule has 0 unspecified atom stereocenters. The van der Waals surface area contributed by atoms with Crippen LogP contribution in [0.3, 0.4) is 0 Å². The van der Waals surface area contributed by atoms with Crippen molar-refractivity contribution in [3.8, 4) is 0 Å². The molecule has 0 fully saturated rings. The molecular weight excluding hydrogens is 246 g/mol. The number of hydrogen-bond donors (Lipinski definition) is 0. The van der Waals surface area contributed by atoms with Gasteiger partial charge in [0.2, 0.25) is 0 Å². The molecular formula is C6H7NS5. The lowest BCUT2D eigenvalue weighted by molar-refractivity contribution is 1.55. The second kappa shape index (κ2) is 4.59. The van der Waals surface area contributed by atoms with Gasteiger partial charge in [0.25, 0.3) is 0 Å². The normalized spacial score (nSPS) is 23.6. The predicted molar refractivity (Wildman–Crippen MR) is 68.1 cm³/mol. The van der Waals surface area contributed by atoms with E-state index in [2.05, 4.69) is 10.7 Å². The molecule has 0 amide bonds. The third-order valence-corrected chi connectivity index (χ3v) is 7.34. The Bertz CT molecular complexity index is 246. The number of rotatable bonds is 0. The molecule has 0 aromatic heterocycles. The predicted octanol–water partition coefficient (Wildman–Crippen LogP) is 3.71. The van der Waals surface area contributed by atoms with Gasteiger partial charge in [-0.25, -0.2) is 0 Å². The highest BCUT2D eigenvalue weighted by atomic mass is 33.1. The second-order valence-corrected chi connectivity index (χ2v) is 7.19. The molecule has 0 saturated carbocycles. The molecule has 0 N–H and O–H groups in total. The zero-order valence-corrected chi connectivity index (χ0v) is 10.5. The van der Waals surface area contributed by atoms with Crippen LogP contribution >= 0.6 is 57.1 Å². The minimum absolute atomic E-state index is 1.21. The standard InChI is InChI=1S/C6H7NS5/c1-8-5-4-6(11-12-7-5)10-3-2-9-4/h2-3H2,1H3. The van der Waals surface area contributed by atoms with Crippen molar-refractivity contribution in [2.45, 2.75) is 0 Å². The van der Waals surface area contributed by atoms with Gasteiger partial charge in [-0.2, -0.15) is 4.40 Å². The van der Waals surface area contributed by atoms with Gasteiger partial charge in [0.05, 0.1) is 20.1 Å². The summed E-state index contributed by atoms with van der Waals surface area (Å²) in [5.41, 5.74) is 0. The summed E-state index contributed by atoms with van der Waals surface area (Å²) in [4.78, 5) is 1.42. The Morgan fingerprint density at radius 2 is 2.17 bits per heavy atom. The van der Waals surface area contributed by atoms with Crippen LogP contribution in [0, 0.1) is 0 Å². The van der Waals surface area contributed by atoms with Gasteiger partial charge in [-0.05, 0) is 17.0 Å². The summed E-state index contributed by atoms with van der Waals surface area (Å²) in [6.07, 6.45) is 2.10. The first kappa shape index (κ1) is 9.71. The maximum atomic E-state index is 4.40. The number of hydrogen-bond acceptors (Lipinski definition) is 6. The maximum Gasteiger partial charge on any atom is 0.120 e. The lowest BCUT2D eigenvalue weighted by atomic mass is 10.7. The molecule has 0 saturated heterocycles. The summed E-state index contributed by atoms with van der Waals surface area (Å²) in [5, 5.41) is 1.21. The molecule has 2 heterocycles. The summed E-state index contributed by atoms with van der Waals surface area (Å²) in [7, 11) is 3.41.